The molecule has 37 heavy (non-hydrogen) atoms. The number of hydrogen-bond donors (Lipinski definition) is 1. The highest BCUT2D eigenvalue weighted by Gasteiger charge is 2.54. The van der Waals surface area contributed by atoms with Gasteiger partial charge in [-0.15, -0.1) is 11.3 Å². The molecule has 1 unspecified atom stereocenters. The number of carbonyl (C=O) groups excluding carboxylic acids is 2. The first-order valence-corrected chi connectivity index (χ1v) is 13.4. The molecule has 2 aromatic carbocycles. The van der Waals surface area contributed by atoms with Gasteiger partial charge in [-0.2, -0.15) is 0 Å². The fourth-order valence-corrected chi connectivity index (χ4v) is 6.18. The molecule has 2 fully saturated rings. The number of carboxylic acid groups (broad SMARTS) is 1. The van der Waals surface area contributed by atoms with Crippen molar-refractivity contribution in [3.63, 3.8) is 0 Å². The Hall–Kier alpha value is -3.85. The summed E-state index contributed by atoms with van der Waals surface area (Å²) in [6.07, 6.45) is 1.21. The number of thiophene rings is 1. The third kappa shape index (κ3) is 4.79. The zero-order valence-electron chi connectivity index (χ0n) is 20.6. The first kappa shape index (κ1) is 24.8. The molecule has 0 aliphatic carbocycles. The van der Waals surface area contributed by atoms with Crippen molar-refractivity contribution in [1.82, 2.24) is 14.7 Å². The Morgan fingerprint density at radius 3 is 2.11 bits per heavy atom. The summed E-state index contributed by atoms with van der Waals surface area (Å²) < 4.78 is 0. The summed E-state index contributed by atoms with van der Waals surface area (Å²) in [6.45, 7) is 3.10. The lowest BCUT2D eigenvalue weighted by Crippen LogP contribution is -2.67. The molecule has 1 aromatic heterocycles. The average molecular weight is 519 g/mol. The van der Waals surface area contributed by atoms with E-state index in [0.29, 0.717) is 37.3 Å². The summed E-state index contributed by atoms with van der Waals surface area (Å²) in [5.41, 5.74) is 1.31. The third-order valence-corrected chi connectivity index (χ3v) is 8.03. The zero-order valence-corrected chi connectivity index (χ0v) is 21.5. The standard InChI is InChI=1S/C28H30N4O4S/c1-2-29(19-23-14-9-17-37-23)27(35)32-22-15-16-24(32)25(26(33)34)30(18-22)28(36)31(20-10-5-3-6-11-20)21-12-7-4-8-13-21/h3-14,17,22,24-25H,2,15-16,18-19H2,1H3,(H,33,34)/t22-,24?,25-/m0/s1. The van der Waals surface area contributed by atoms with Crippen molar-refractivity contribution in [3.05, 3.63) is 83.1 Å². The fourth-order valence-electron chi connectivity index (χ4n) is 5.46. The highest BCUT2D eigenvalue weighted by molar-refractivity contribution is 7.09. The second kappa shape index (κ2) is 10.6. The summed E-state index contributed by atoms with van der Waals surface area (Å²) in [4.78, 5) is 48.0. The maximum atomic E-state index is 14.1. The van der Waals surface area contributed by atoms with Gasteiger partial charge in [0.1, 0.15) is 0 Å². The number of para-hydroxylation sites is 2. The van der Waals surface area contributed by atoms with Gasteiger partial charge in [-0.3, -0.25) is 4.90 Å². The van der Waals surface area contributed by atoms with Crippen LogP contribution in [0, 0.1) is 0 Å². The predicted octanol–water partition coefficient (Wildman–Crippen LogP) is 5.25. The molecular weight excluding hydrogens is 488 g/mol. The number of piperazine rings is 1. The number of anilines is 2. The van der Waals surface area contributed by atoms with Gasteiger partial charge >= 0.3 is 18.0 Å². The summed E-state index contributed by atoms with van der Waals surface area (Å²) in [5, 5.41) is 12.3. The molecule has 1 N–H and O–H groups in total. The van der Waals surface area contributed by atoms with Gasteiger partial charge in [0, 0.05) is 18.0 Å². The molecule has 2 aliphatic heterocycles. The van der Waals surface area contributed by atoms with Gasteiger partial charge in [0.25, 0.3) is 0 Å². The number of benzene rings is 2. The molecule has 192 valence electrons. The van der Waals surface area contributed by atoms with Crippen molar-refractivity contribution in [3.8, 4) is 0 Å². The van der Waals surface area contributed by atoms with Gasteiger partial charge in [0.2, 0.25) is 0 Å². The smallest absolute Gasteiger partial charge is 0.329 e. The van der Waals surface area contributed by atoms with E-state index in [-0.39, 0.29) is 18.6 Å². The van der Waals surface area contributed by atoms with Crippen LogP contribution in [0.5, 0.6) is 0 Å². The third-order valence-electron chi connectivity index (χ3n) is 7.17. The number of rotatable bonds is 6. The molecule has 3 aromatic rings. The van der Waals surface area contributed by atoms with Gasteiger partial charge in [0.15, 0.2) is 6.04 Å². The van der Waals surface area contributed by atoms with Crippen LogP contribution in [-0.2, 0) is 11.3 Å². The van der Waals surface area contributed by atoms with Crippen molar-refractivity contribution in [2.75, 3.05) is 18.0 Å². The number of carbonyl (C=O) groups is 3. The second-order valence-electron chi connectivity index (χ2n) is 9.31. The molecule has 2 aliphatic rings. The Labute approximate surface area is 220 Å². The highest BCUT2D eigenvalue weighted by atomic mass is 32.1. The number of hydrogen-bond acceptors (Lipinski definition) is 4. The van der Waals surface area contributed by atoms with E-state index >= 15 is 0 Å². The van der Waals surface area contributed by atoms with Crippen LogP contribution in [0.2, 0.25) is 0 Å². The number of urea groups is 2. The number of likely N-dealkylation sites (tertiary alicyclic amines) is 1. The average Bonchev–Trinajstić information content (AvgIpc) is 3.54. The van der Waals surface area contributed by atoms with E-state index < -0.39 is 24.1 Å². The Kier molecular flexibility index (Phi) is 7.14. The van der Waals surface area contributed by atoms with Gasteiger partial charge in [0.05, 0.1) is 30.0 Å². The van der Waals surface area contributed by atoms with E-state index in [9.17, 15) is 19.5 Å². The van der Waals surface area contributed by atoms with Crippen molar-refractivity contribution in [2.24, 2.45) is 0 Å². The van der Waals surface area contributed by atoms with Crippen LogP contribution in [0.25, 0.3) is 0 Å². The molecule has 2 bridgehead atoms. The first-order valence-electron chi connectivity index (χ1n) is 12.5. The summed E-state index contributed by atoms with van der Waals surface area (Å²) in [7, 11) is 0. The van der Waals surface area contributed by atoms with E-state index in [2.05, 4.69) is 0 Å². The van der Waals surface area contributed by atoms with Gasteiger partial charge in [-0.05, 0) is 55.5 Å². The molecule has 2 saturated heterocycles. The van der Waals surface area contributed by atoms with Gasteiger partial charge in [-0.1, -0.05) is 42.5 Å². The minimum atomic E-state index is -1.13. The topological polar surface area (TPSA) is 84.4 Å². The van der Waals surface area contributed by atoms with Crippen molar-refractivity contribution in [2.45, 2.75) is 44.4 Å². The molecule has 9 heteroatoms. The fraction of sp³-hybridized carbons (Fsp3) is 0.321. The Morgan fingerprint density at radius 1 is 0.919 bits per heavy atom. The minimum Gasteiger partial charge on any atom is -0.480 e. The molecular formula is C28H30N4O4S. The zero-order chi connectivity index (χ0) is 25.9. The Morgan fingerprint density at radius 2 is 1.57 bits per heavy atom. The van der Waals surface area contributed by atoms with Crippen LogP contribution < -0.4 is 4.90 Å². The molecule has 8 nitrogen and oxygen atoms in total. The minimum absolute atomic E-state index is 0.162. The molecule has 0 radical (unpaired) electrons. The normalized spacial score (nSPS) is 20.5. The van der Waals surface area contributed by atoms with E-state index in [4.69, 9.17) is 0 Å². The van der Waals surface area contributed by atoms with Gasteiger partial charge in [-0.25, -0.2) is 14.4 Å². The molecule has 5 rings (SSSR count). The van der Waals surface area contributed by atoms with E-state index in [1.54, 1.807) is 26.0 Å². The van der Waals surface area contributed by atoms with Crippen LogP contribution in [0.1, 0.15) is 24.6 Å². The van der Waals surface area contributed by atoms with E-state index in [1.807, 2.05) is 85.1 Å². The first-order chi connectivity index (χ1) is 18.0. The molecule has 0 saturated carbocycles. The van der Waals surface area contributed by atoms with Gasteiger partial charge < -0.3 is 19.8 Å². The SMILES string of the molecule is CCN(Cc1cccs1)C(=O)N1C2CC[C@H]1CN(C(=O)N(c1ccccc1)c1ccccc1)[C@@H]2C(=O)O. The lowest BCUT2D eigenvalue weighted by Gasteiger charge is -2.47. The Bertz CT molecular complexity index is 1200. The number of nitrogens with zero attached hydrogens (tertiary/aromatic N) is 4. The van der Waals surface area contributed by atoms with Crippen LogP contribution in [-0.4, -0.2) is 69.1 Å². The summed E-state index contributed by atoms with van der Waals surface area (Å²) in [6, 6.07) is 19.9. The quantitative estimate of drug-likeness (QED) is 0.483. The summed E-state index contributed by atoms with van der Waals surface area (Å²) in [5.74, 6) is -1.10. The molecule has 0 spiro atoms. The lowest BCUT2D eigenvalue weighted by atomic mass is 10.0. The number of fused-ring (bicyclic) bond motifs is 2. The van der Waals surface area contributed by atoms with Crippen molar-refractivity contribution < 1.29 is 19.5 Å². The van der Waals surface area contributed by atoms with Crippen molar-refractivity contribution in [1.29, 1.82) is 0 Å². The monoisotopic (exact) mass is 518 g/mol. The maximum absolute atomic E-state index is 14.1. The van der Waals surface area contributed by atoms with Crippen LogP contribution in [0.3, 0.4) is 0 Å². The van der Waals surface area contributed by atoms with Crippen LogP contribution in [0.15, 0.2) is 78.2 Å². The summed E-state index contributed by atoms with van der Waals surface area (Å²) >= 11 is 1.59. The van der Waals surface area contributed by atoms with E-state index in [0.717, 1.165) is 4.88 Å². The number of aliphatic carboxylic acids is 1. The largest absolute Gasteiger partial charge is 0.480 e. The van der Waals surface area contributed by atoms with Crippen molar-refractivity contribution >= 4 is 40.7 Å². The van der Waals surface area contributed by atoms with Crippen LogP contribution in [0.4, 0.5) is 21.0 Å². The highest BCUT2D eigenvalue weighted by Crippen LogP contribution is 2.38. The number of carboxylic acids is 1. The second-order valence-corrected chi connectivity index (χ2v) is 10.3. The Balaban J connectivity index is 1.45. The van der Waals surface area contributed by atoms with E-state index in [1.165, 1.54) is 4.90 Å². The van der Waals surface area contributed by atoms with Crippen LogP contribution >= 0.6 is 11.3 Å². The predicted molar refractivity (Wildman–Crippen MR) is 143 cm³/mol. The molecule has 4 amide bonds. The lowest BCUT2D eigenvalue weighted by molar-refractivity contribution is -0.145. The maximum Gasteiger partial charge on any atom is 0.329 e. The molecule has 3 atom stereocenters. The molecule has 3 heterocycles. The number of amides is 4.